The molecule has 3 aromatic carbocycles. The maximum absolute atomic E-state index is 14.9. The van der Waals surface area contributed by atoms with Crippen molar-refractivity contribution in [1.29, 1.82) is 0 Å². The number of carbonyl (C=O) groups excluding carboxylic acids is 2. The Labute approximate surface area is 199 Å². The van der Waals surface area contributed by atoms with E-state index in [1.54, 1.807) is 9.80 Å². The molecule has 1 aliphatic rings. The number of amides is 2. The zero-order valence-corrected chi connectivity index (χ0v) is 19.4. The van der Waals surface area contributed by atoms with Gasteiger partial charge in [0.2, 0.25) is 0 Å². The molecule has 0 radical (unpaired) electrons. The summed E-state index contributed by atoms with van der Waals surface area (Å²) >= 11 is 0. The third-order valence-corrected chi connectivity index (χ3v) is 6.09. The van der Waals surface area contributed by atoms with Gasteiger partial charge >= 0.3 is 12.0 Å². The smallest absolute Gasteiger partial charge is 0.337 e. The molecule has 0 atom stereocenters. The summed E-state index contributed by atoms with van der Waals surface area (Å²) in [7, 11) is 3.28. The van der Waals surface area contributed by atoms with E-state index in [2.05, 4.69) is 9.64 Å². The number of benzene rings is 3. The molecular formula is C27H28FN3O3. The second-order valence-electron chi connectivity index (χ2n) is 8.37. The third-order valence-electron chi connectivity index (χ3n) is 6.09. The Hall–Kier alpha value is -3.71. The van der Waals surface area contributed by atoms with E-state index >= 15 is 0 Å². The second kappa shape index (κ2) is 10.5. The zero-order valence-electron chi connectivity index (χ0n) is 19.4. The van der Waals surface area contributed by atoms with Crippen molar-refractivity contribution in [2.24, 2.45) is 0 Å². The van der Waals surface area contributed by atoms with Crippen LogP contribution in [0.2, 0.25) is 0 Å². The number of carbonyl (C=O) groups is 2. The molecule has 0 bridgehead atoms. The van der Waals surface area contributed by atoms with Crippen LogP contribution in [0, 0.1) is 5.82 Å². The van der Waals surface area contributed by atoms with E-state index in [1.165, 1.54) is 19.2 Å². The minimum Gasteiger partial charge on any atom is -0.465 e. The number of ether oxygens (including phenoxy) is 1. The van der Waals surface area contributed by atoms with E-state index in [0.717, 1.165) is 30.3 Å². The van der Waals surface area contributed by atoms with Crippen molar-refractivity contribution < 1.29 is 18.7 Å². The lowest BCUT2D eigenvalue weighted by molar-refractivity contribution is 0.0600. The highest BCUT2D eigenvalue weighted by Crippen LogP contribution is 2.26. The Morgan fingerprint density at radius 1 is 0.912 bits per heavy atom. The number of likely N-dealkylation sites (N-methyl/N-ethyl adjacent to an activating group) is 1. The first kappa shape index (κ1) is 23.4. The predicted molar refractivity (Wildman–Crippen MR) is 130 cm³/mol. The van der Waals surface area contributed by atoms with Crippen LogP contribution in [0.25, 0.3) is 11.1 Å². The molecule has 0 N–H and O–H groups in total. The number of piperazine rings is 1. The number of hydrogen-bond acceptors (Lipinski definition) is 4. The van der Waals surface area contributed by atoms with Crippen LogP contribution in [0.1, 0.15) is 15.9 Å². The Balaban J connectivity index is 1.63. The number of urea groups is 1. The van der Waals surface area contributed by atoms with Gasteiger partial charge in [-0.25, -0.2) is 14.0 Å². The number of halogens is 1. The summed E-state index contributed by atoms with van der Waals surface area (Å²) in [5, 5.41) is 0. The summed E-state index contributed by atoms with van der Waals surface area (Å²) in [5.74, 6) is -1.16. The predicted octanol–water partition coefficient (Wildman–Crippen LogP) is 4.65. The molecule has 2 amide bonds. The fourth-order valence-electron chi connectivity index (χ4n) is 3.99. The first-order chi connectivity index (χ1) is 16.5. The molecule has 7 heteroatoms. The van der Waals surface area contributed by atoms with Crippen molar-refractivity contribution in [1.82, 2.24) is 9.80 Å². The molecule has 1 fully saturated rings. The van der Waals surface area contributed by atoms with Gasteiger partial charge in [-0.2, -0.15) is 0 Å². The molecule has 6 nitrogen and oxygen atoms in total. The van der Waals surface area contributed by atoms with E-state index in [0.29, 0.717) is 24.3 Å². The highest BCUT2D eigenvalue weighted by atomic mass is 19.1. The number of nitrogens with zero attached hydrogens (tertiary/aromatic N) is 3. The lowest BCUT2D eigenvalue weighted by Crippen LogP contribution is -2.52. The van der Waals surface area contributed by atoms with Crippen LogP contribution >= 0.6 is 0 Å². The molecule has 0 aliphatic carbocycles. The molecule has 1 aliphatic heterocycles. The molecular weight excluding hydrogens is 433 g/mol. The van der Waals surface area contributed by atoms with Gasteiger partial charge in [-0.05, 0) is 42.4 Å². The average molecular weight is 462 g/mol. The molecule has 3 aromatic rings. The number of rotatable bonds is 5. The monoisotopic (exact) mass is 461 g/mol. The van der Waals surface area contributed by atoms with E-state index in [9.17, 15) is 14.0 Å². The zero-order chi connectivity index (χ0) is 24.1. The van der Waals surface area contributed by atoms with Crippen LogP contribution in [-0.2, 0) is 11.3 Å². The minimum atomic E-state index is -0.604. The van der Waals surface area contributed by atoms with Crippen LogP contribution < -0.4 is 4.90 Å². The number of esters is 1. The fourth-order valence-corrected chi connectivity index (χ4v) is 3.99. The van der Waals surface area contributed by atoms with Gasteiger partial charge in [0.05, 0.1) is 19.2 Å². The summed E-state index contributed by atoms with van der Waals surface area (Å²) in [6.45, 7) is 2.84. The van der Waals surface area contributed by atoms with Crippen molar-refractivity contribution in [3.8, 4) is 11.1 Å². The minimum absolute atomic E-state index is 0.0448. The first-order valence-corrected chi connectivity index (χ1v) is 11.2. The maximum Gasteiger partial charge on any atom is 0.337 e. The summed E-state index contributed by atoms with van der Waals surface area (Å²) in [4.78, 5) is 30.8. The largest absolute Gasteiger partial charge is 0.465 e. The normalized spacial score (nSPS) is 14.0. The molecule has 0 aromatic heterocycles. The highest BCUT2D eigenvalue weighted by molar-refractivity contribution is 5.92. The van der Waals surface area contributed by atoms with Gasteiger partial charge in [0.15, 0.2) is 0 Å². The SMILES string of the molecule is COC(=O)c1ccc(CN(C(=O)N2CCN(C)CC2)c2ccc(-c3ccccc3)cc2)c(F)c1. The molecule has 34 heavy (non-hydrogen) atoms. The van der Waals surface area contributed by atoms with Gasteiger partial charge in [-0.3, -0.25) is 4.90 Å². The first-order valence-electron chi connectivity index (χ1n) is 11.2. The van der Waals surface area contributed by atoms with Crippen LogP contribution in [0.5, 0.6) is 0 Å². The average Bonchev–Trinajstić information content (AvgIpc) is 2.88. The molecule has 4 rings (SSSR count). The van der Waals surface area contributed by atoms with Crippen LogP contribution in [0.3, 0.4) is 0 Å². The molecule has 0 spiro atoms. The molecule has 176 valence electrons. The summed E-state index contributed by atoms with van der Waals surface area (Å²) in [6, 6.07) is 21.7. The van der Waals surface area contributed by atoms with Crippen LogP contribution in [0.15, 0.2) is 72.8 Å². The van der Waals surface area contributed by atoms with Gasteiger partial charge in [-0.15, -0.1) is 0 Å². The lowest BCUT2D eigenvalue weighted by Gasteiger charge is -2.36. The Kier molecular flexibility index (Phi) is 7.23. The van der Waals surface area contributed by atoms with E-state index in [1.807, 2.05) is 61.6 Å². The Morgan fingerprint density at radius 2 is 1.56 bits per heavy atom. The van der Waals surface area contributed by atoms with Crippen molar-refractivity contribution in [2.45, 2.75) is 6.54 Å². The van der Waals surface area contributed by atoms with Gasteiger partial charge in [-0.1, -0.05) is 48.5 Å². The lowest BCUT2D eigenvalue weighted by atomic mass is 10.0. The second-order valence-corrected chi connectivity index (χ2v) is 8.37. The number of hydrogen-bond donors (Lipinski definition) is 0. The van der Waals surface area contributed by atoms with Crippen molar-refractivity contribution in [3.63, 3.8) is 0 Å². The van der Waals surface area contributed by atoms with Gasteiger partial charge in [0.25, 0.3) is 0 Å². The van der Waals surface area contributed by atoms with Gasteiger partial charge in [0, 0.05) is 37.4 Å². The van der Waals surface area contributed by atoms with E-state index < -0.39 is 11.8 Å². The van der Waals surface area contributed by atoms with Crippen molar-refractivity contribution in [3.05, 3.63) is 89.7 Å². The molecule has 1 saturated heterocycles. The summed E-state index contributed by atoms with van der Waals surface area (Å²) < 4.78 is 19.6. The topological polar surface area (TPSA) is 53.1 Å². The summed E-state index contributed by atoms with van der Waals surface area (Å²) in [6.07, 6.45) is 0. The highest BCUT2D eigenvalue weighted by Gasteiger charge is 2.26. The standard InChI is InChI=1S/C27H28FN3O3/c1-29-14-16-30(17-15-29)27(33)31(19-23-9-8-22(18-25(23)28)26(32)34-2)24-12-10-21(11-13-24)20-6-4-3-5-7-20/h3-13,18H,14-17,19H2,1-2H3. The number of methoxy groups -OCH3 is 1. The molecule has 0 saturated carbocycles. The molecule has 1 heterocycles. The Morgan fingerprint density at radius 3 is 2.18 bits per heavy atom. The van der Waals surface area contributed by atoms with E-state index in [-0.39, 0.29) is 18.1 Å². The van der Waals surface area contributed by atoms with E-state index in [4.69, 9.17) is 0 Å². The third kappa shape index (κ3) is 5.26. The quantitative estimate of drug-likeness (QED) is 0.519. The van der Waals surface area contributed by atoms with Crippen molar-refractivity contribution >= 4 is 17.7 Å². The van der Waals surface area contributed by atoms with Crippen LogP contribution in [-0.4, -0.2) is 62.1 Å². The Bertz CT molecular complexity index is 1140. The van der Waals surface area contributed by atoms with Gasteiger partial charge < -0.3 is 14.5 Å². The fraction of sp³-hybridized carbons (Fsp3) is 0.259. The summed E-state index contributed by atoms with van der Waals surface area (Å²) in [5.41, 5.74) is 3.25. The molecule has 0 unspecified atom stereocenters. The van der Waals surface area contributed by atoms with Crippen molar-refractivity contribution in [2.75, 3.05) is 45.2 Å². The van der Waals surface area contributed by atoms with Gasteiger partial charge in [0.1, 0.15) is 5.82 Å². The van der Waals surface area contributed by atoms with Crippen LogP contribution in [0.4, 0.5) is 14.9 Å². The maximum atomic E-state index is 14.9. The number of anilines is 1.